The molecule has 0 aromatic carbocycles. The van der Waals surface area contributed by atoms with Crippen LogP contribution in [0.5, 0.6) is 0 Å². The van der Waals surface area contributed by atoms with Crippen molar-refractivity contribution >= 4 is 28.1 Å². The van der Waals surface area contributed by atoms with Crippen LogP contribution in [0.25, 0.3) is 0 Å². The van der Waals surface area contributed by atoms with Crippen LogP contribution in [-0.4, -0.2) is 68.7 Å². The Labute approximate surface area is 124 Å². The first-order valence-corrected chi connectivity index (χ1v) is 8.69. The van der Waals surface area contributed by atoms with Gasteiger partial charge in [0.05, 0.1) is 11.5 Å². The van der Waals surface area contributed by atoms with Crippen LogP contribution < -0.4 is 10.6 Å². The van der Waals surface area contributed by atoms with E-state index in [4.69, 9.17) is 0 Å². The van der Waals surface area contributed by atoms with Crippen molar-refractivity contribution in [3.8, 4) is 0 Å². The minimum Gasteiger partial charge on any atom is -0.359 e. The Morgan fingerprint density at radius 2 is 2.05 bits per heavy atom. The number of carbonyl (C=O) groups excluding carboxylic acids is 3. The van der Waals surface area contributed by atoms with Gasteiger partial charge in [-0.3, -0.25) is 14.4 Å². The highest BCUT2D eigenvalue weighted by Gasteiger charge is 2.35. The van der Waals surface area contributed by atoms with E-state index in [2.05, 4.69) is 10.6 Å². The molecule has 3 amide bonds. The minimum absolute atomic E-state index is 0.0560. The Morgan fingerprint density at radius 3 is 2.57 bits per heavy atom. The van der Waals surface area contributed by atoms with Crippen LogP contribution in [0.4, 0.5) is 0 Å². The summed E-state index contributed by atoms with van der Waals surface area (Å²) in [6.07, 6.45) is 1.45. The molecule has 1 unspecified atom stereocenters. The van der Waals surface area contributed by atoms with E-state index in [-0.39, 0.29) is 18.1 Å². The zero-order valence-corrected chi connectivity index (χ0v) is 12.8. The zero-order valence-electron chi connectivity index (χ0n) is 12.0. The maximum atomic E-state index is 12.0. The Morgan fingerprint density at radius 1 is 1.33 bits per heavy atom. The molecule has 0 bridgehead atoms. The largest absolute Gasteiger partial charge is 0.359 e. The molecule has 1 saturated heterocycles. The van der Waals surface area contributed by atoms with Crippen LogP contribution in [-0.2, 0) is 24.2 Å². The quantitative estimate of drug-likeness (QED) is 0.329. The summed E-state index contributed by atoms with van der Waals surface area (Å²) in [5.74, 6) is -1.47. The third-order valence-electron chi connectivity index (χ3n) is 3.31. The molecule has 120 valence electrons. The predicted molar refractivity (Wildman–Crippen MR) is 76.1 cm³/mol. The fourth-order valence-electron chi connectivity index (χ4n) is 2.25. The highest BCUT2D eigenvalue weighted by atomic mass is 32.2. The lowest BCUT2D eigenvalue weighted by Gasteiger charge is -2.26. The van der Waals surface area contributed by atoms with Crippen molar-refractivity contribution in [1.82, 2.24) is 15.5 Å². The topological polar surface area (TPSA) is 113 Å². The SMILES string of the molecule is CCN(C(=O)C(=O)NCCCNC=O)C1CCS(=O)(=O)C1. The number of amides is 3. The van der Waals surface area contributed by atoms with Gasteiger partial charge in [-0.05, 0) is 19.8 Å². The Hall–Kier alpha value is -1.64. The summed E-state index contributed by atoms with van der Waals surface area (Å²) in [6, 6.07) is -0.421. The van der Waals surface area contributed by atoms with Crippen LogP contribution in [0, 0.1) is 0 Å². The fourth-order valence-corrected chi connectivity index (χ4v) is 3.98. The maximum Gasteiger partial charge on any atom is 0.312 e. The van der Waals surface area contributed by atoms with Gasteiger partial charge in [-0.25, -0.2) is 8.42 Å². The van der Waals surface area contributed by atoms with Gasteiger partial charge in [-0.15, -0.1) is 0 Å². The molecule has 0 aliphatic carbocycles. The van der Waals surface area contributed by atoms with E-state index < -0.39 is 27.7 Å². The molecule has 21 heavy (non-hydrogen) atoms. The lowest BCUT2D eigenvalue weighted by molar-refractivity contribution is -0.147. The first-order valence-electron chi connectivity index (χ1n) is 6.87. The van der Waals surface area contributed by atoms with E-state index in [0.29, 0.717) is 32.3 Å². The van der Waals surface area contributed by atoms with Gasteiger partial charge in [0.1, 0.15) is 0 Å². The van der Waals surface area contributed by atoms with E-state index in [1.54, 1.807) is 6.92 Å². The molecule has 0 aromatic rings. The number of nitrogens with zero attached hydrogens (tertiary/aromatic N) is 1. The molecule has 0 spiro atoms. The summed E-state index contributed by atoms with van der Waals surface area (Å²) in [5, 5.41) is 4.91. The summed E-state index contributed by atoms with van der Waals surface area (Å²) in [7, 11) is -3.10. The number of sulfone groups is 1. The van der Waals surface area contributed by atoms with Crippen molar-refractivity contribution in [2.24, 2.45) is 0 Å². The first kappa shape index (κ1) is 17.4. The molecule has 8 nitrogen and oxygen atoms in total. The van der Waals surface area contributed by atoms with Gasteiger partial charge in [0.15, 0.2) is 9.84 Å². The van der Waals surface area contributed by atoms with Gasteiger partial charge in [0.25, 0.3) is 0 Å². The predicted octanol–water partition coefficient (Wildman–Crippen LogP) is -1.73. The molecule has 1 fully saturated rings. The lowest BCUT2D eigenvalue weighted by Crippen LogP contribution is -2.48. The second-order valence-corrected chi connectivity index (χ2v) is 7.06. The lowest BCUT2D eigenvalue weighted by atomic mass is 10.2. The second kappa shape index (κ2) is 7.96. The van der Waals surface area contributed by atoms with Crippen LogP contribution in [0.15, 0.2) is 0 Å². The average molecular weight is 319 g/mol. The number of hydrogen-bond acceptors (Lipinski definition) is 5. The average Bonchev–Trinajstić information content (AvgIpc) is 2.79. The second-order valence-electron chi connectivity index (χ2n) is 4.83. The molecule has 2 N–H and O–H groups in total. The van der Waals surface area contributed by atoms with Gasteiger partial charge < -0.3 is 15.5 Å². The summed E-state index contributed by atoms with van der Waals surface area (Å²) in [4.78, 5) is 35.1. The third-order valence-corrected chi connectivity index (χ3v) is 5.06. The summed E-state index contributed by atoms with van der Waals surface area (Å²) in [6.45, 7) is 2.69. The standard InChI is InChI=1S/C12H21N3O5S/c1-2-15(10-4-7-21(19,20)8-10)12(18)11(17)14-6-3-5-13-9-16/h9-10H,2-8H2,1H3,(H,13,16)(H,14,17). The minimum atomic E-state index is -3.10. The Bertz CT molecular complexity index is 491. The van der Waals surface area contributed by atoms with E-state index in [1.165, 1.54) is 4.90 Å². The van der Waals surface area contributed by atoms with Gasteiger partial charge in [-0.1, -0.05) is 0 Å². The summed E-state index contributed by atoms with van der Waals surface area (Å²) < 4.78 is 22.9. The van der Waals surface area contributed by atoms with E-state index in [0.717, 1.165) is 0 Å². The van der Waals surface area contributed by atoms with E-state index >= 15 is 0 Å². The highest BCUT2D eigenvalue weighted by Crippen LogP contribution is 2.17. The van der Waals surface area contributed by atoms with Gasteiger partial charge in [0, 0.05) is 25.7 Å². The first-order chi connectivity index (χ1) is 9.91. The van der Waals surface area contributed by atoms with Crippen LogP contribution in [0.3, 0.4) is 0 Å². The van der Waals surface area contributed by atoms with Crippen LogP contribution >= 0.6 is 0 Å². The van der Waals surface area contributed by atoms with Gasteiger partial charge >= 0.3 is 11.8 Å². The summed E-state index contributed by atoms with van der Waals surface area (Å²) in [5.41, 5.74) is 0. The number of hydrogen-bond donors (Lipinski definition) is 2. The molecular weight excluding hydrogens is 298 g/mol. The number of carbonyl (C=O) groups is 3. The van der Waals surface area contributed by atoms with Crippen LogP contribution in [0.2, 0.25) is 0 Å². The third kappa shape index (κ3) is 5.33. The molecule has 9 heteroatoms. The highest BCUT2D eigenvalue weighted by molar-refractivity contribution is 7.91. The zero-order chi connectivity index (χ0) is 15.9. The van der Waals surface area contributed by atoms with Crippen molar-refractivity contribution in [3.05, 3.63) is 0 Å². The van der Waals surface area contributed by atoms with Gasteiger partial charge in [-0.2, -0.15) is 0 Å². The normalized spacial score (nSPS) is 19.8. The van der Waals surface area contributed by atoms with E-state index in [9.17, 15) is 22.8 Å². The monoisotopic (exact) mass is 319 g/mol. The smallest absolute Gasteiger partial charge is 0.312 e. The van der Waals surface area contributed by atoms with Crippen molar-refractivity contribution in [3.63, 3.8) is 0 Å². The van der Waals surface area contributed by atoms with Crippen LogP contribution in [0.1, 0.15) is 19.8 Å². The van der Waals surface area contributed by atoms with Crippen molar-refractivity contribution in [2.75, 3.05) is 31.1 Å². The van der Waals surface area contributed by atoms with Crippen molar-refractivity contribution in [2.45, 2.75) is 25.8 Å². The summed E-state index contributed by atoms with van der Waals surface area (Å²) >= 11 is 0. The van der Waals surface area contributed by atoms with Crippen molar-refractivity contribution in [1.29, 1.82) is 0 Å². The molecular formula is C12H21N3O5S. The molecule has 0 saturated carbocycles. The molecule has 1 atom stereocenters. The molecule has 0 radical (unpaired) electrons. The Kier molecular flexibility index (Phi) is 6.60. The number of likely N-dealkylation sites (N-methyl/N-ethyl adjacent to an activating group) is 1. The maximum absolute atomic E-state index is 12.0. The molecule has 0 aromatic heterocycles. The van der Waals surface area contributed by atoms with Gasteiger partial charge in [0.2, 0.25) is 6.41 Å². The molecule has 1 rings (SSSR count). The van der Waals surface area contributed by atoms with E-state index in [1.807, 2.05) is 0 Å². The molecule has 1 aliphatic heterocycles. The van der Waals surface area contributed by atoms with Crippen molar-refractivity contribution < 1.29 is 22.8 Å². The molecule has 1 heterocycles. The Balaban J connectivity index is 2.47. The molecule has 1 aliphatic rings. The number of nitrogens with one attached hydrogen (secondary N) is 2. The number of rotatable bonds is 7. The fraction of sp³-hybridized carbons (Fsp3) is 0.750.